The largest absolute Gasteiger partial charge is 0.357 e. The Labute approximate surface area is 114 Å². The molecule has 1 spiro atoms. The maximum absolute atomic E-state index is 12.7. The number of rotatable bonds is 1. The molecule has 1 saturated carbocycles. The summed E-state index contributed by atoms with van der Waals surface area (Å²) >= 11 is 0. The molecule has 1 aromatic rings. The predicted octanol–water partition coefficient (Wildman–Crippen LogP) is 3.53. The first-order chi connectivity index (χ1) is 9.31. The van der Waals surface area contributed by atoms with E-state index in [1.807, 2.05) is 18.2 Å². The summed E-state index contributed by atoms with van der Waals surface area (Å²) in [5.41, 5.74) is 1.68. The summed E-state index contributed by atoms with van der Waals surface area (Å²) in [5, 5.41) is 0. The van der Waals surface area contributed by atoms with Gasteiger partial charge in [-0.2, -0.15) is 0 Å². The molecule has 0 amide bonds. The summed E-state index contributed by atoms with van der Waals surface area (Å²) in [5.74, 6) is 0.882. The maximum atomic E-state index is 12.7. The highest BCUT2D eigenvalue weighted by Crippen LogP contribution is 2.52. The molecule has 1 heterocycles. The third-order valence-electron chi connectivity index (χ3n) is 5.23. The normalized spacial score (nSPS) is 34.3. The summed E-state index contributed by atoms with van der Waals surface area (Å²) in [6.07, 6.45) is 8.58. The van der Waals surface area contributed by atoms with E-state index < -0.39 is 5.60 Å². The molecule has 2 heteroatoms. The van der Waals surface area contributed by atoms with Crippen LogP contribution >= 0.6 is 0 Å². The number of carbonyl (C=O) groups is 1. The highest BCUT2D eigenvalue weighted by molar-refractivity contribution is 6.06. The number of carbonyl (C=O) groups excluding carboxylic acids is 1. The Balaban J connectivity index is 1.60. The molecule has 2 aliphatic carbocycles. The summed E-state index contributed by atoms with van der Waals surface area (Å²) in [7, 11) is 0. The van der Waals surface area contributed by atoms with E-state index in [2.05, 4.69) is 6.07 Å². The fourth-order valence-electron chi connectivity index (χ4n) is 4.11. The van der Waals surface area contributed by atoms with Crippen molar-refractivity contribution in [3.63, 3.8) is 0 Å². The van der Waals surface area contributed by atoms with Crippen LogP contribution in [-0.2, 0) is 11.2 Å². The highest BCUT2D eigenvalue weighted by atomic mass is 16.6. The molecule has 0 radical (unpaired) electrons. The number of aryl methyl sites for hydroxylation is 1. The van der Waals surface area contributed by atoms with Crippen LogP contribution in [0.4, 0.5) is 0 Å². The van der Waals surface area contributed by atoms with Crippen LogP contribution in [0.5, 0.6) is 0 Å². The molecule has 0 unspecified atom stereocenters. The van der Waals surface area contributed by atoms with Crippen molar-refractivity contribution in [1.29, 1.82) is 0 Å². The molecule has 2 atom stereocenters. The first-order valence-corrected chi connectivity index (χ1v) is 7.62. The fraction of sp³-hybridized carbons (Fsp3) is 0.588. The zero-order valence-corrected chi connectivity index (χ0v) is 11.2. The molecule has 3 aliphatic rings. The molecule has 19 heavy (non-hydrogen) atoms. The SMILES string of the molecule is O=C1c2ccccc2CC[C@@]12O[C@@H]2C1CCCCC1. The van der Waals surface area contributed by atoms with Crippen LogP contribution in [0.2, 0.25) is 0 Å². The number of epoxide rings is 1. The van der Waals surface area contributed by atoms with Gasteiger partial charge in [-0.3, -0.25) is 4.79 Å². The van der Waals surface area contributed by atoms with Gasteiger partial charge in [0.05, 0.1) is 6.10 Å². The lowest BCUT2D eigenvalue weighted by molar-refractivity contribution is 0.0850. The molecule has 0 bridgehead atoms. The Morgan fingerprint density at radius 3 is 2.74 bits per heavy atom. The molecule has 1 aromatic carbocycles. The average molecular weight is 256 g/mol. The molecule has 2 nitrogen and oxygen atoms in total. The van der Waals surface area contributed by atoms with E-state index in [9.17, 15) is 4.79 Å². The topological polar surface area (TPSA) is 29.6 Å². The van der Waals surface area contributed by atoms with E-state index in [-0.39, 0.29) is 11.9 Å². The van der Waals surface area contributed by atoms with Gasteiger partial charge in [0.2, 0.25) is 0 Å². The van der Waals surface area contributed by atoms with Crippen molar-refractivity contribution >= 4 is 5.78 Å². The van der Waals surface area contributed by atoms with Crippen LogP contribution in [-0.4, -0.2) is 17.5 Å². The van der Waals surface area contributed by atoms with Gasteiger partial charge in [-0.1, -0.05) is 43.5 Å². The zero-order valence-electron chi connectivity index (χ0n) is 11.2. The first kappa shape index (κ1) is 11.7. The van der Waals surface area contributed by atoms with E-state index in [0.29, 0.717) is 5.92 Å². The molecule has 4 rings (SSSR count). The molecular weight excluding hydrogens is 236 g/mol. The minimum Gasteiger partial charge on any atom is -0.357 e. The van der Waals surface area contributed by atoms with Crippen LogP contribution in [0.15, 0.2) is 24.3 Å². The van der Waals surface area contributed by atoms with E-state index in [4.69, 9.17) is 4.74 Å². The smallest absolute Gasteiger partial charge is 0.197 e. The second-order valence-electron chi connectivity index (χ2n) is 6.31. The number of hydrogen-bond donors (Lipinski definition) is 0. The Kier molecular flexibility index (Phi) is 2.56. The van der Waals surface area contributed by atoms with Crippen molar-refractivity contribution in [1.82, 2.24) is 0 Å². The van der Waals surface area contributed by atoms with Crippen LogP contribution < -0.4 is 0 Å². The standard InChI is InChI=1S/C17H20O2/c18-15-14-9-5-4-6-12(14)10-11-17(15)16(19-17)13-7-2-1-3-8-13/h4-6,9,13,16H,1-3,7-8,10-11H2/t16-,17-/m1/s1. The van der Waals surface area contributed by atoms with Crippen molar-refractivity contribution in [3.05, 3.63) is 35.4 Å². The van der Waals surface area contributed by atoms with Crippen molar-refractivity contribution < 1.29 is 9.53 Å². The Morgan fingerprint density at radius 2 is 1.89 bits per heavy atom. The molecule has 1 saturated heterocycles. The lowest BCUT2D eigenvalue weighted by atomic mass is 9.75. The Hall–Kier alpha value is -1.15. The fourth-order valence-corrected chi connectivity index (χ4v) is 4.11. The second-order valence-corrected chi connectivity index (χ2v) is 6.31. The van der Waals surface area contributed by atoms with Crippen molar-refractivity contribution in [2.75, 3.05) is 0 Å². The Morgan fingerprint density at radius 1 is 1.11 bits per heavy atom. The van der Waals surface area contributed by atoms with E-state index in [1.54, 1.807) is 0 Å². The van der Waals surface area contributed by atoms with Gasteiger partial charge in [-0.05, 0) is 37.2 Å². The Bertz CT molecular complexity index is 516. The van der Waals surface area contributed by atoms with Crippen LogP contribution in [0.25, 0.3) is 0 Å². The summed E-state index contributed by atoms with van der Waals surface area (Å²) in [6.45, 7) is 0. The van der Waals surface area contributed by atoms with Crippen molar-refractivity contribution in [2.24, 2.45) is 5.92 Å². The van der Waals surface area contributed by atoms with Crippen LogP contribution in [0.3, 0.4) is 0 Å². The van der Waals surface area contributed by atoms with Crippen LogP contribution in [0.1, 0.15) is 54.4 Å². The monoisotopic (exact) mass is 256 g/mol. The lowest BCUT2D eigenvalue weighted by Crippen LogP contribution is -2.35. The minimum absolute atomic E-state index is 0.216. The van der Waals surface area contributed by atoms with Crippen LogP contribution in [0, 0.1) is 5.92 Å². The third kappa shape index (κ3) is 1.69. The molecule has 0 N–H and O–H groups in total. The molecule has 2 fully saturated rings. The second kappa shape index (κ2) is 4.17. The van der Waals surface area contributed by atoms with Gasteiger partial charge in [0.25, 0.3) is 0 Å². The van der Waals surface area contributed by atoms with Gasteiger partial charge in [-0.25, -0.2) is 0 Å². The molecule has 100 valence electrons. The van der Waals surface area contributed by atoms with Gasteiger partial charge in [0.15, 0.2) is 11.4 Å². The number of benzene rings is 1. The third-order valence-corrected chi connectivity index (χ3v) is 5.23. The first-order valence-electron chi connectivity index (χ1n) is 7.62. The number of ketones is 1. The van der Waals surface area contributed by atoms with E-state index in [1.165, 1.54) is 37.7 Å². The van der Waals surface area contributed by atoms with Gasteiger partial charge in [0, 0.05) is 5.56 Å². The van der Waals surface area contributed by atoms with Gasteiger partial charge < -0.3 is 4.74 Å². The predicted molar refractivity (Wildman–Crippen MR) is 73.3 cm³/mol. The van der Waals surface area contributed by atoms with Gasteiger partial charge in [0.1, 0.15) is 0 Å². The van der Waals surface area contributed by atoms with Crippen molar-refractivity contribution in [3.8, 4) is 0 Å². The van der Waals surface area contributed by atoms with E-state index >= 15 is 0 Å². The lowest BCUT2D eigenvalue weighted by Gasteiger charge is -2.24. The number of hydrogen-bond acceptors (Lipinski definition) is 2. The number of ether oxygens (including phenoxy) is 1. The van der Waals surface area contributed by atoms with Gasteiger partial charge >= 0.3 is 0 Å². The number of Topliss-reactive ketones (excluding diaryl/α,β-unsaturated/α-hetero) is 1. The summed E-state index contributed by atoms with van der Waals surface area (Å²) < 4.78 is 6.00. The molecular formula is C17H20O2. The summed E-state index contributed by atoms with van der Waals surface area (Å²) in [6, 6.07) is 8.04. The van der Waals surface area contributed by atoms with E-state index in [0.717, 1.165) is 18.4 Å². The van der Waals surface area contributed by atoms with Crippen molar-refractivity contribution in [2.45, 2.75) is 56.7 Å². The zero-order chi connectivity index (χ0) is 12.9. The molecule has 0 aromatic heterocycles. The minimum atomic E-state index is -0.434. The maximum Gasteiger partial charge on any atom is 0.197 e. The summed E-state index contributed by atoms with van der Waals surface area (Å²) in [4.78, 5) is 12.7. The quantitative estimate of drug-likeness (QED) is 0.719. The average Bonchev–Trinajstić information content (AvgIpc) is 3.20. The number of fused-ring (bicyclic) bond motifs is 1. The molecule has 1 aliphatic heterocycles. The van der Waals surface area contributed by atoms with Gasteiger partial charge in [-0.15, -0.1) is 0 Å². The highest BCUT2D eigenvalue weighted by Gasteiger charge is 2.65.